The van der Waals surface area contributed by atoms with E-state index in [9.17, 15) is 14.4 Å². The number of likely N-dealkylation sites (N-methyl/N-ethyl adjacent to an activating group) is 1. The molecule has 1 aliphatic rings. The first-order chi connectivity index (χ1) is 14.6. The van der Waals surface area contributed by atoms with E-state index in [1.807, 2.05) is 30.1 Å². The van der Waals surface area contributed by atoms with Gasteiger partial charge in [-0.3, -0.25) is 14.5 Å². The first kappa shape index (κ1) is 24.5. The molecule has 7 nitrogen and oxygen atoms in total. The lowest BCUT2D eigenvalue weighted by atomic mass is 10.1. The first-order valence-electron chi connectivity index (χ1n) is 10.6. The number of piperazine rings is 1. The molecule has 1 unspecified atom stereocenters. The molecule has 1 aromatic rings. The van der Waals surface area contributed by atoms with Crippen molar-refractivity contribution in [3.8, 4) is 0 Å². The van der Waals surface area contributed by atoms with E-state index in [4.69, 9.17) is 0 Å². The van der Waals surface area contributed by atoms with Crippen LogP contribution in [0.15, 0.2) is 23.1 Å². The number of carbonyl (C=O) groups excluding carboxylic acids is 3. The predicted octanol–water partition coefficient (Wildman–Crippen LogP) is 1.41. The Morgan fingerprint density at radius 3 is 2.77 bits per heavy atom. The fourth-order valence-electron chi connectivity index (χ4n) is 3.57. The molecule has 1 saturated heterocycles. The quantitative estimate of drug-likeness (QED) is 0.276. The molecule has 0 saturated carbocycles. The number of aldehydes is 2. The zero-order valence-corrected chi connectivity index (χ0v) is 18.9. The Morgan fingerprint density at radius 1 is 1.33 bits per heavy atom. The molecule has 0 aliphatic carbocycles. The van der Waals surface area contributed by atoms with Crippen LogP contribution < -0.4 is 10.6 Å². The van der Waals surface area contributed by atoms with Crippen LogP contribution in [0.5, 0.6) is 0 Å². The highest BCUT2D eigenvalue weighted by Gasteiger charge is 2.19. The number of rotatable bonds is 13. The Balaban J connectivity index is 1.96. The van der Waals surface area contributed by atoms with Crippen LogP contribution in [0.4, 0.5) is 0 Å². The van der Waals surface area contributed by atoms with E-state index in [1.165, 1.54) is 0 Å². The number of nitrogens with one attached hydrogen (secondary N) is 2. The summed E-state index contributed by atoms with van der Waals surface area (Å²) in [6.07, 6.45) is 3.61. The summed E-state index contributed by atoms with van der Waals surface area (Å²) in [6, 6.07) is 5.41. The molecule has 30 heavy (non-hydrogen) atoms. The summed E-state index contributed by atoms with van der Waals surface area (Å²) in [4.78, 5) is 40.2. The molecule has 166 valence electrons. The van der Waals surface area contributed by atoms with Crippen LogP contribution in [0, 0.1) is 0 Å². The van der Waals surface area contributed by atoms with Gasteiger partial charge in [-0.1, -0.05) is 12.1 Å². The van der Waals surface area contributed by atoms with Crippen molar-refractivity contribution < 1.29 is 14.4 Å². The highest BCUT2D eigenvalue weighted by molar-refractivity contribution is 7.99. The van der Waals surface area contributed by atoms with Gasteiger partial charge < -0.3 is 20.3 Å². The smallest absolute Gasteiger partial charge is 0.219 e. The highest BCUT2D eigenvalue weighted by Crippen LogP contribution is 2.27. The minimum Gasteiger partial charge on any atom is -0.359 e. The third kappa shape index (κ3) is 7.83. The monoisotopic (exact) mass is 434 g/mol. The average Bonchev–Trinajstić information content (AvgIpc) is 2.78. The minimum atomic E-state index is -0.368. The van der Waals surface area contributed by atoms with Gasteiger partial charge in [0.15, 0.2) is 0 Å². The molecule has 0 aromatic heterocycles. The van der Waals surface area contributed by atoms with Crippen LogP contribution in [0.2, 0.25) is 0 Å². The van der Waals surface area contributed by atoms with Crippen molar-refractivity contribution >= 4 is 30.2 Å². The number of hydrogen-bond acceptors (Lipinski definition) is 7. The van der Waals surface area contributed by atoms with E-state index >= 15 is 0 Å². The van der Waals surface area contributed by atoms with Gasteiger partial charge in [-0.2, -0.15) is 0 Å². The molecule has 1 fully saturated rings. The maximum Gasteiger partial charge on any atom is 0.219 e. The van der Waals surface area contributed by atoms with Gasteiger partial charge in [0.25, 0.3) is 0 Å². The van der Waals surface area contributed by atoms with Crippen LogP contribution in [-0.2, 0) is 16.1 Å². The summed E-state index contributed by atoms with van der Waals surface area (Å²) in [7, 11) is 3.46. The summed E-state index contributed by atoms with van der Waals surface area (Å²) in [5, 5.41) is 5.95. The lowest BCUT2D eigenvalue weighted by Gasteiger charge is -2.27. The molecule has 0 bridgehead atoms. The van der Waals surface area contributed by atoms with Crippen molar-refractivity contribution in [2.75, 3.05) is 52.6 Å². The molecule has 1 aliphatic heterocycles. The van der Waals surface area contributed by atoms with Gasteiger partial charge in [-0.05, 0) is 43.8 Å². The molecule has 8 heteroatoms. The molecular weight excluding hydrogens is 400 g/mol. The standard InChI is InChI=1S/C22H34N4O3S/c1-23-22(29)8-7-19(17-28)25(2)15-20-18(16-27)5-3-6-21(20)30-14-4-11-26-12-9-24-10-13-26/h3,5-6,16-17,19,24H,4,7-15H2,1-2H3,(H,23,29). The third-order valence-corrected chi connectivity index (χ3v) is 6.65. The van der Waals surface area contributed by atoms with Crippen LogP contribution >= 0.6 is 11.8 Å². The molecule has 2 N–H and O–H groups in total. The Hall–Kier alpha value is -1.74. The van der Waals surface area contributed by atoms with Crippen molar-refractivity contribution in [1.82, 2.24) is 20.4 Å². The van der Waals surface area contributed by atoms with Gasteiger partial charge in [-0.25, -0.2) is 0 Å². The second kappa shape index (κ2) is 13.5. The SMILES string of the molecule is CNC(=O)CCC(C=O)N(C)Cc1c(C=O)cccc1SCCCN1CCNCC1. The lowest BCUT2D eigenvalue weighted by Crippen LogP contribution is -2.43. The van der Waals surface area contributed by atoms with Gasteiger partial charge in [0, 0.05) is 56.7 Å². The van der Waals surface area contributed by atoms with E-state index in [0.717, 1.165) is 67.9 Å². The first-order valence-corrected chi connectivity index (χ1v) is 11.6. The molecule has 1 amide bonds. The molecule has 0 radical (unpaired) electrons. The van der Waals surface area contributed by atoms with Crippen molar-refractivity contribution in [2.45, 2.75) is 36.7 Å². The average molecular weight is 435 g/mol. The summed E-state index contributed by atoms with van der Waals surface area (Å²) >= 11 is 1.77. The van der Waals surface area contributed by atoms with Gasteiger partial charge in [0.1, 0.15) is 12.6 Å². The number of nitrogens with zero attached hydrogens (tertiary/aromatic N) is 2. The number of thioether (sulfide) groups is 1. The maximum atomic E-state index is 11.6. The van der Waals surface area contributed by atoms with Crippen molar-refractivity contribution in [1.29, 1.82) is 0 Å². The van der Waals surface area contributed by atoms with Crippen LogP contribution in [0.25, 0.3) is 0 Å². The van der Waals surface area contributed by atoms with Crippen molar-refractivity contribution in [2.24, 2.45) is 0 Å². The van der Waals surface area contributed by atoms with E-state index in [2.05, 4.69) is 15.5 Å². The molecule has 1 heterocycles. The fourth-order valence-corrected chi connectivity index (χ4v) is 4.59. The summed E-state index contributed by atoms with van der Waals surface area (Å²) in [5.74, 6) is 0.903. The van der Waals surface area contributed by atoms with Crippen LogP contribution in [0.3, 0.4) is 0 Å². The fraction of sp³-hybridized carbons (Fsp3) is 0.591. The van der Waals surface area contributed by atoms with Gasteiger partial charge in [0.2, 0.25) is 5.91 Å². The van der Waals surface area contributed by atoms with Crippen LogP contribution in [0.1, 0.15) is 35.2 Å². The van der Waals surface area contributed by atoms with E-state index < -0.39 is 0 Å². The molecule has 2 rings (SSSR count). The summed E-state index contributed by atoms with van der Waals surface area (Å²) < 4.78 is 0. The predicted molar refractivity (Wildman–Crippen MR) is 121 cm³/mol. The van der Waals surface area contributed by atoms with Gasteiger partial charge in [-0.15, -0.1) is 11.8 Å². The highest BCUT2D eigenvalue weighted by atomic mass is 32.2. The third-order valence-electron chi connectivity index (χ3n) is 5.46. The molecular formula is C22H34N4O3S. The number of carbonyl (C=O) groups is 3. The van der Waals surface area contributed by atoms with E-state index in [0.29, 0.717) is 24.9 Å². The van der Waals surface area contributed by atoms with E-state index in [1.54, 1.807) is 18.8 Å². The lowest BCUT2D eigenvalue weighted by molar-refractivity contribution is -0.121. The van der Waals surface area contributed by atoms with Crippen LogP contribution in [-0.4, -0.2) is 86.9 Å². The largest absolute Gasteiger partial charge is 0.359 e. The molecule has 1 atom stereocenters. The summed E-state index contributed by atoms with van der Waals surface area (Å²) in [6.45, 7) is 5.90. The Bertz CT molecular complexity index is 695. The zero-order valence-electron chi connectivity index (χ0n) is 18.1. The normalized spacial score (nSPS) is 15.7. The number of benzene rings is 1. The molecule has 1 aromatic carbocycles. The Morgan fingerprint density at radius 2 is 2.10 bits per heavy atom. The second-order valence-corrected chi connectivity index (χ2v) is 8.70. The number of hydrogen-bond donors (Lipinski definition) is 2. The Labute approximate surface area is 183 Å². The van der Waals surface area contributed by atoms with Gasteiger partial charge >= 0.3 is 0 Å². The van der Waals surface area contributed by atoms with Gasteiger partial charge in [0.05, 0.1) is 6.04 Å². The van der Waals surface area contributed by atoms with Crippen molar-refractivity contribution in [3.05, 3.63) is 29.3 Å². The Kier molecular flexibility index (Phi) is 11.1. The van der Waals surface area contributed by atoms with E-state index in [-0.39, 0.29) is 11.9 Å². The topological polar surface area (TPSA) is 81.8 Å². The number of amides is 1. The van der Waals surface area contributed by atoms with Crippen molar-refractivity contribution in [3.63, 3.8) is 0 Å². The second-order valence-electron chi connectivity index (χ2n) is 7.57. The maximum absolute atomic E-state index is 11.6. The minimum absolute atomic E-state index is 0.0794. The summed E-state index contributed by atoms with van der Waals surface area (Å²) in [5.41, 5.74) is 1.61. The zero-order chi connectivity index (χ0) is 21.8. The molecule has 0 spiro atoms.